The molecule has 0 saturated carbocycles. The van der Waals surface area contributed by atoms with Crippen LogP contribution in [0.2, 0.25) is 5.02 Å². The van der Waals surface area contributed by atoms with Gasteiger partial charge in [0.25, 0.3) is 5.91 Å². The maximum atomic E-state index is 13.1. The van der Waals surface area contributed by atoms with Crippen LogP contribution in [0.5, 0.6) is 11.5 Å². The number of hydrogen-bond acceptors (Lipinski definition) is 7. The number of methoxy groups -OCH3 is 2. The Balaban J connectivity index is 1.86. The van der Waals surface area contributed by atoms with Gasteiger partial charge in [-0.3, -0.25) is 4.79 Å². The Morgan fingerprint density at radius 2 is 1.50 bits per heavy atom. The zero-order valence-corrected chi connectivity index (χ0v) is 21.1. The van der Waals surface area contributed by atoms with Crippen molar-refractivity contribution in [2.45, 2.75) is 20.5 Å². The van der Waals surface area contributed by atoms with Gasteiger partial charge in [-0.05, 0) is 74.0 Å². The molecular weight excluding hydrogens is 486 g/mol. The zero-order valence-electron chi connectivity index (χ0n) is 20.3. The van der Waals surface area contributed by atoms with Gasteiger partial charge >= 0.3 is 11.9 Å². The lowest BCUT2D eigenvalue weighted by molar-refractivity contribution is 0.0599. The highest BCUT2D eigenvalue weighted by molar-refractivity contribution is 6.31. The highest BCUT2D eigenvalue weighted by Gasteiger charge is 2.17. The summed E-state index contributed by atoms with van der Waals surface area (Å²) in [6, 6.07) is 14.5. The third kappa shape index (κ3) is 6.55. The quantitative estimate of drug-likeness (QED) is 0.381. The van der Waals surface area contributed by atoms with Crippen LogP contribution < -0.4 is 14.8 Å². The van der Waals surface area contributed by atoms with Crippen LogP contribution >= 0.6 is 11.6 Å². The molecule has 0 fully saturated rings. The van der Waals surface area contributed by atoms with Crippen LogP contribution in [0.4, 0.5) is 5.69 Å². The number of carbonyl (C=O) groups excluding carboxylic acids is 3. The first kappa shape index (κ1) is 26.6. The maximum absolute atomic E-state index is 13.1. The van der Waals surface area contributed by atoms with Crippen LogP contribution in [-0.2, 0) is 16.1 Å². The number of anilines is 1. The van der Waals surface area contributed by atoms with Gasteiger partial charge in [0.1, 0.15) is 18.1 Å². The van der Waals surface area contributed by atoms with Gasteiger partial charge < -0.3 is 24.3 Å². The van der Waals surface area contributed by atoms with Crippen molar-refractivity contribution in [1.82, 2.24) is 0 Å². The third-order valence-electron chi connectivity index (χ3n) is 5.18. The van der Waals surface area contributed by atoms with E-state index in [4.69, 9.17) is 30.5 Å². The Labute approximate surface area is 214 Å². The summed E-state index contributed by atoms with van der Waals surface area (Å²) in [4.78, 5) is 37.1. The Morgan fingerprint density at radius 1 is 0.833 bits per heavy atom. The van der Waals surface area contributed by atoms with Crippen LogP contribution in [-0.4, -0.2) is 38.7 Å². The molecule has 1 amide bonds. The lowest BCUT2D eigenvalue weighted by atomic mass is 10.1. The van der Waals surface area contributed by atoms with Gasteiger partial charge in [0.2, 0.25) is 0 Å². The standard InChI is InChI=1S/C27H26ClNO7/c1-5-35-24-9-6-17(11-20(24)15-36-22-7-8-23(28)16(2)10-22)25(30)29-21-13-18(26(31)33-3)12-19(14-21)27(32)34-4/h6-14H,5,15H2,1-4H3,(H,29,30). The lowest BCUT2D eigenvalue weighted by Gasteiger charge is -2.14. The normalized spacial score (nSPS) is 10.4. The first-order valence-electron chi connectivity index (χ1n) is 11.0. The van der Waals surface area contributed by atoms with Crippen molar-refractivity contribution in [1.29, 1.82) is 0 Å². The van der Waals surface area contributed by atoms with Crippen LogP contribution in [0.15, 0.2) is 54.6 Å². The van der Waals surface area contributed by atoms with Crippen molar-refractivity contribution in [3.05, 3.63) is 87.4 Å². The molecule has 0 bridgehead atoms. The van der Waals surface area contributed by atoms with E-state index in [9.17, 15) is 14.4 Å². The number of amides is 1. The number of ether oxygens (including phenoxy) is 4. The molecule has 0 spiro atoms. The molecule has 0 heterocycles. The number of rotatable bonds is 9. The minimum atomic E-state index is -0.658. The Hall–Kier alpha value is -4.04. The van der Waals surface area contributed by atoms with Gasteiger partial charge in [-0.1, -0.05) is 11.6 Å². The van der Waals surface area contributed by atoms with Crippen molar-refractivity contribution in [2.75, 3.05) is 26.1 Å². The lowest BCUT2D eigenvalue weighted by Crippen LogP contribution is -2.15. The summed E-state index contributed by atoms with van der Waals surface area (Å²) in [5, 5.41) is 3.35. The fourth-order valence-electron chi connectivity index (χ4n) is 3.37. The average molecular weight is 512 g/mol. The van der Waals surface area contributed by atoms with E-state index in [1.54, 1.807) is 30.3 Å². The highest BCUT2D eigenvalue weighted by atomic mass is 35.5. The third-order valence-corrected chi connectivity index (χ3v) is 5.60. The summed E-state index contributed by atoms with van der Waals surface area (Å²) in [5.74, 6) is -0.563. The largest absolute Gasteiger partial charge is 0.493 e. The van der Waals surface area contributed by atoms with Crippen molar-refractivity contribution >= 4 is 35.1 Å². The predicted octanol–water partition coefficient (Wildman–Crippen LogP) is 5.45. The molecule has 188 valence electrons. The molecule has 0 saturated heterocycles. The van der Waals surface area contributed by atoms with Crippen molar-refractivity contribution in [3.8, 4) is 11.5 Å². The number of benzene rings is 3. The van der Waals surface area contributed by atoms with Gasteiger partial charge in [0.05, 0.1) is 32.0 Å². The molecule has 9 heteroatoms. The topological polar surface area (TPSA) is 100 Å². The first-order chi connectivity index (χ1) is 17.2. The molecule has 3 aromatic carbocycles. The molecule has 36 heavy (non-hydrogen) atoms. The molecule has 0 radical (unpaired) electrons. The second-order valence-electron chi connectivity index (χ2n) is 7.69. The summed E-state index contributed by atoms with van der Waals surface area (Å²) in [7, 11) is 2.45. The van der Waals surface area contributed by atoms with E-state index in [0.29, 0.717) is 34.3 Å². The summed E-state index contributed by atoms with van der Waals surface area (Å²) in [5.41, 5.74) is 2.28. The summed E-state index contributed by atoms with van der Waals surface area (Å²) >= 11 is 6.09. The minimum absolute atomic E-state index is 0.0924. The van der Waals surface area contributed by atoms with Gasteiger partial charge in [-0.15, -0.1) is 0 Å². The van der Waals surface area contributed by atoms with Gasteiger partial charge in [0, 0.05) is 21.8 Å². The molecule has 0 atom stereocenters. The van der Waals surface area contributed by atoms with E-state index in [-0.39, 0.29) is 23.4 Å². The van der Waals surface area contributed by atoms with E-state index in [1.165, 1.54) is 32.4 Å². The zero-order chi connectivity index (χ0) is 26.2. The second-order valence-corrected chi connectivity index (χ2v) is 8.10. The van der Waals surface area contributed by atoms with Crippen LogP contribution in [0.1, 0.15) is 49.1 Å². The molecule has 0 aromatic heterocycles. The van der Waals surface area contributed by atoms with E-state index in [0.717, 1.165) is 5.56 Å². The van der Waals surface area contributed by atoms with Crippen molar-refractivity contribution < 1.29 is 33.3 Å². The molecule has 0 unspecified atom stereocenters. The average Bonchev–Trinajstić information content (AvgIpc) is 2.88. The number of carbonyl (C=O) groups is 3. The number of halogens is 1. The molecule has 0 aliphatic rings. The Bertz CT molecular complexity index is 1250. The smallest absolute Gasteiger partial charge is 0.337 e. The van der Waals surface area contributed by atoms with Crippen LogP contribution in [0, 0.1) is 6.92 Å². The van der Waals surface area contributed by atoms with Gasteiger partial charge in [-0.2, -0.15) is 0 Å². The summed E-state index contributed by atoms with van der Waals surface area (Å²) in [6.07, 6.45) is 0. The number of nitrogens with one attached hydrogen (secondary N) is 1. The van der Waals surface area contributed by atoms with Crippen LogP contribution in [0.3, 0.4) is 0 Å². The number of hydrogen-bond donors (Lipinski definition) is 1. The number of aryl methyl sites for hydroxylation is 1. The van der Waals surface area contributed by atoms with Gasteiger partial charge in [0.15, 0.2) is 0 Å². The molecule has 3 aromatic rings. The second kappa shape index (κ2) is 12.1. The fraction of sp³-hybridized carbons (Fsp3) is 0.222. The SMILES string of the molecule is CCOc1ccc(C(=O)Nc2cc(C(=O)OC)cc(C(=O)OC)c2)cc1COc1ccc(Cl)c(C)c1. The molecule has 0 aliphatic heterocycles. The van der Waals surface area contributed by atoms with E-state index in [1.807, 2.05) is 19.9 Å². The summed E-state index contributed by atoms with van der Waals surface area (Å²) in [6.45, 7) is 4.34. The van der Waals surface area contributed by atoms with Crippen molar-refractivity contribution in [3.63, 3.8) is 0 Å². The Kier molecular flexibility index (Phi) is 8.91. The predicted molar refractivity (Wildman–Crippen MR) is 135 cm³/mol. The maximum Gasteiger partial charge on any atom is 0.337 e. The van der Waals surface area contributed by atoms with Crippen molar-refractivity contribution in [2.24, 2.45) is 0 Å². The van der Waals surface area contributed by atoms with E-state index >= 15 is 0 Å². The molecule has 0 aliphatic carbocycles. The molecule has 3 rings (SSSR count). The molecular formula is C27H26ClNO7. The Morgan fingerprint density at radius 3 is 2.08 bits per heavy atom. The monoisotopic (exact) mass is 511 g/mol. The van der Waals surface area contributed by atoms with E-state index < -0.39 is 17.8 Å². The number of esters is 2. The fourth-order valence-corrected chi connectivity index (χ4v) is 3.49. The van der Waals surface area contributed by atoms with E-state index in [2.05, 4.69) is 5.32 Å². The first-order valence-corrected chi connectivity index (χ1v) is 11.4. The molecule has 1 N–H and O–H groups in total. The van der Waals surface area contributed by atoms with Gasteiger partial charge in [-0.25, -0.2) is 9.59 Å². The minimum Gasteiger partial charge on any atom is -0.493 e. The molecule has 8 nitrogen and oxygen atoms in total. The highest BCUT2D eigenvalue weighted by Crippen LogP contribution is 2.26. The summed E-state index contributed by atoms with van der Waals surface area (Å²) < 4.78 is 21.1. The van der Waals surface area contributed by atoms with Crippen LogP contribution in [0.25, 0.3) is 0 Å².